The number of hydrogen-bond acceptors (Lipinski definition) is 4. The van der Waals surface area contributed by atoms with E-state index < -0.39 is 0 Å². The lowest BCUT2D eigenvalue weighted by Crippen LogP contribution is -2.46. The Hall–Kier alpha value is -3.12. The van der Waals surface area contributed by atoms with Gasteiger partial charge in [0.25, 0.3) is 0 Å². The van der Waals surface area contributed by atoms with E-state index in [1.165, 1.54) is 0 Å². The third kappa shape index (κ3) is 5.73. The fraction of sp³-hybridized carbons (Fsp3) is 0.280. The van der Waals surface area contributed by atoms with E-state index in [1.54, 1.807) is 16.2 Å². The summed E-state index contributed by atoms with van der Waals surface area (Å²) in [6.07, 6.45) is 1.93. The van der Waals surface area contributed by atoms with Crippen LogP contribution in [0.2, 0.25) is 0 Å². The summed E-state index contributed by atoms with van der Waals surface area (Å²) in [5.74, 6) is 0.702. The first-order valence-corrected chi connectivity index (χ1v) is 11.4. The highest BCUT2D eigenvalue weighted by Crippen LogP contribution is 2.21. The van der Waals surface area contributed by atoms with E-state index in [1.807, 2.05) is 72.1 Å². The van der Waals surface area contributed by atoms with Gasteiger partial charge in [-0.1, -0.05) is 48.5 Å². The topological polar surface area (TPSA) is 58.6 Å². The average Bonchev–Trinajstić information content (AvgIpc) is 3.49. The highest BCUT2D eigenvalue weighted by atomic mass is 32.1. The molecule has 1 aromatic heterocycles. The van der Waals surface area contributed by atoms with E-state index in [0.29, 0.717) is 32.5 Å². The van der Waals surface area contributed by atoms with Gasteiger partial charge in [-0.15, -0.1) is 11.3 Å². The van der Waals surface area contributed by atoms with E-state index in [2.05, 4.69) is 5.32 Å². The quantitative estimate of drug-likeness (QED) is 0.579. The van der Waals surface area contributed by atoms with Crippen molar-refractivity contribution in [1.29, 1.82) is 0 Å². The molecule has 1 N–H and O–H groups in total. The molecule has 1 aliphatic heterocycles. The van der Waals surface area contributed by atoms with E-state index >= 15 is 0 Å². The first-order valence-electron chi connectivity index (χ1n) is 10.5. The van der Waals surface area contributed by atoms with E-state index in [-0.39, 0.29) is 17.9 Å². The molecular formula is C25H26N2O3S. The maximum Gasteiger partial charge on any atom is 0.243 e. The van der Waals surface area contributed by atoms with Gasteiger partial charge >= 0.3 is 0 Å². The van der Waals surface area contributed by atoms with Gasteiger partial charge < -0.3 is 15.0 Å². The highest BCUT2D eigenvalue weighted by molar-refractivity contribution is 7.10. The molecule has 1 saturated heterocycles. The molecule has 1 aliphatic rings. The third-order valence-corrected chi connectivity index (χ3v) is 6.27. The fourth-order valence-electron chi connectivity index (χ4n) is 3.79. The largest absolute Gasteiger partial charge is 0.489 e. The van der Waals surface area contributed by atoms with Gasteiger partial charge in [-0.2, -0.15) is 0 Å². The van der Waals surface area contributed by atoms with Crippen LogP contribution in [0.4, 0.5) is 0 Å². The van der Waals surface area contributed by atoms with Gasteiger partial charge in [0, 0.05) is 18.0 Å². The second-order valence-corrected chi connectivity index (χ2v) is 8.67. The van der Waals surface area contributed by atoms with Crippen LogP contribution in [0.25, 0.3) is 0 Å². The molecule has 0 spiro atoms. The van der Waals surface area contributed by atoms with Crippen LogP contribution in [-0.4, -0.2) is 29.3 Å². The van der Waals surface area contributed by atoms with Gasteiger partial charge in [-0.25, -0.2) is 0 Å². The lowest BCUT2D eigenvalue weighted by atomic mass is 10.1. The van der Waals surface area contributed by atoms with Crippen LogP contribution in [-0.2, 0) is 29.2 Å². The summed E-state index contributed by atoms with van der Waals surface area (Å²) in [7, 11) is 0. The Bertz CT molecular complexity index is 1000. The summed E-state index contributed by atoms with van der Waals surface area (Å²) in [6.45, 7) is 1.55. The molecule has 0 bridgehead atoms. The lowest BCUT2D eigenvalue weighted by molar-refractivity contribution is -0.138. The summed E-state index contributed by atoms with van der Waals surface area (Å²) < 4.78 is 5.87. The van der Waals surface area contributed by atoms with E-state index in [4.69, 9.17) is 4.74 Å². The van der Waals surface area contributed by atoms with Crippen LogP contribution < -0.4 is 10.1 Å². The van der Waals surface area contributed by atoms with Crippen molar-refractivity contribution in [3.8, 4) is 5.75 Å². The highest BCUT2D eigenvalue weighted by Gasteiger charge is 2.33. The number of amides is 2. The van der Waals surface area contributed by atoms with Crippen LogP contribution >= 0.6 is 11.3 Å². The fourth-order valence-corrected chi connectivity index (χ4v) is 4.49. The zero-order chi connectivity index (χ0) is 21.5. The van der Waals surface area contributed by atoms with Crippen molar-refractivity contribution < 1.29 is 14.3 Å². The Morgan fingerprint density at radius 2 is 1.87 bits per heavy atom. The Labute approximate surface area is 186 Å². The van der Waals surface area contributed by atoms with Crippen LogP contribution in [0.15, 0.2) is 72.1 Å². The van der Waals surface area contributed by atoms with E-state index in [0.717, 1.165) is 28.2 Å². The van der Waals surface area contributed by atoms with Gasteiger partial charge in [0.15, 0.2) is 0 Å². The number of carbonyl (C=O) groups is 2. The molecule has 5 nitrogen and oxygen atoms in total. The maximum atomic E-state index is 12.8. The zero-order valence-corrected chi connectivity index (χ0v) is 18.1. The maximum absolute atomic E-state index is 12.8. The monoisotopic (exact) mass is 434 g/mol. The summed E-state index contributed by atoms with van der Waals surface area (Å²) in [5.41, 5.74) is 2.07. The molecule has 6 heteroatoms. The number of rotatable bonds is 8. The van der Waals surface area contributed by atoms with Gasteiger partial charge in [0.1, 0.15) is 18.4 Å². The molecule has 4 rings (SSSR count). The van der Waals surface area contributed by atoms with Crippen molar-refractivity contribution in [2.24, 2.45) is 0 Å². The number of carbonyl (C=O) groups excluding carboxylic acids is 2. The van der Waals surface area contributed by atoms with Gasteiger partial charge in [-0.05, 0) is 47.5 Å². The number of nitrogens with zero attached hydrogens (tertiary/aromatic N) is 1. The summed E-state index contributed by atoms with van der Waals surface area (Å²) in [4.78, 5) is 28.2. The molecule has 3 aromatic rings. The van der Waals surface area contributed by atoms with Crippen molar-refractivity contribution in [3.05, 3.63) is 88.1 Å². The number of ether oxygens (including phenoxy) is 1. The Kier molecular flexibility index (Phi) is 6.99. The molecule has 1 unspecified atom stereocenters. The first-order chi connectivity index (χ1) is 15.2. The Morgan fingerprint density at radius 3 is 2.68 bits per heavy atom. The molecule has 1 atom stereocenters. The molecule has 0 saturated carbocycles. The molecular weight excluding hydrogens is 408 g/mol. The smallest absolute Gasteiger partial charge is 0.243 e. The van der Waals surface area contributed by atoms with Crippen molar-refractivity contribution in [1.82, 2.24) is 10.2 Å². The number of benzene rings is 2. The Balaban J connectivity index is 1.30. The number of thiophene rings is 1. The minimum Gasteiger partial charge on any atom is -0.489 e. The zero-order valence-electron chi connectivity index (χ0n) is 17.3. The first kappa shape index (κ1) is 21.1. The molecule has 2 heterocycles. The molecule has 2 amide bonds. The minimum atomic E-state index is -0.384. The standard InChI is InChI=1S/C25H26N2O3S/c28-24(16-22-11-6-14-31-22)27-13-5-12-23(27)25(29)26-17-20-9-4-10-21(15-20)30-18-19-7-2-1-3-8-19/h1-4,6-11,14-15,23H,5,12-13,16-18H2,(H,26,29). The van der Waals surface area contributed by atoms with Crippen molar-refractivity contribution in [2.75, 3.05) is 6.54 Å². The third-order valence-electron chi connectivity index (χ3n) is 5.39. The van der Waals surface area contributed by atoms with Crippen LogP contribution in [0, 0.1) is 0 Å². The van der Waals surface area contributed by atoms with Gasteiger partial charge in [0.05, 0.1) is 6.42 Å². The van der Waals surface area contributed by atoms with Crippen molar-refractivity contribution >= 4 is 23.2 Å². The summed E-state index contributed by atoms with van der Waals surface area (Å²) in [6, 6.07) is 21.3. The number of likely N-dealkylation sites (tertiary alicyclic amines) is 1. The minimum absolute atomic E-state index is 0.0245. The lowest BCUT2D eigenvalue weighted by Gasteiger charge is -2.24. The summed E-state index contributed by atoms with van der Waals surface area (Å²) in [5, 5.41) is 4.97. The van der Waals surface area contributed by atoms with Gasteiger partial charge in [0.2, 0.25) is 11.8 Å². The second kappa shape index (κ2) is 10.3. The molecule has 160 valence electrons. The molecule has 31 heavy (non-hydrogen) atoms. The predicted octanol–water partition coefficient (Wildman–Crippen LogP) is 4.18. The molecule has 1 fully saturated rings. The normalized spacial score (nSPS) is 15.6. The van der Waals surface area contributed by atoms with Crippen LogP contribution in [0.5, 0.6) is 5.75 Å². The average molecular weight is 435 g/mol. The second-order valence-electron chi connectivity index (χ2n) is 7.64. The SMILES string of the molecule is O=C(NCc1cccc(OCc2ccccc2)c1)C1CCCN1C(=O)Cc1cccs1. The number of hydrogen-bond donors (Lipinski definition) is 1. The number of nitrogens with one attached hydrogen (secondary N) is 1. The predicted molar refractivity (Wildman–Crippen MR) is 122 cm³/mol. The molecule has 0 aliphatic carbocycles. The van der Waals surface area contributed by atoms with Crippen LogP contribution in [0.1, 0.15) is 28.8 Å². The molecule has 0 radical (unpaired) electrons. The summed E-state index contributed by atoms with van der Waals surface area (Å²) >= 11 is 1.57. The van der Waals surface area contributed by atoms with Crippen molar-refractivity contribution in [2.45, 2.75) is 38.5 Å². The van der Waals surface area contributed by atoms with Crippen molar-refractivity contribution in [3.63, 3.8) is 0 Å². The van der Waals surface area contributed by atoms with E-state index in [9.17, 15) is 9.59 Å². The molecule has 2 aromatic carbocycles. The van der Waals surface area contributed by atoms with Crippen LogP contribution in [0.3, 0.4) is 0 Å². The Morgan fingerprint density at radius 1 is 1.03 bits per heavy atom. The van der Waals surface area contributed by atoms with Gasteiger partial charge in [-0.3, -0.25) is 9.59 Å².